The molecule has 0 aliphatic carbocycles. The molecule has 0 fully saturated rings. The summed E-state index contributed by atoms with van der Waals surface area (Å²) in [6.07, 6.45) is 5.00. The molecule has 0 bridgehead atoms. The Morgan fingerprint density at radius 1 is 0.227 bits per heavy atom. The second-order valence-electron chi connectivity index (χ2n) is 9.77. The van der Waals surface area contributed by atoms with Crippen molar-refractivity contribution in [1.29, 1.82) is 0 Å². The molecule has 0 saturated carbocycles. The van der Waals surface area contributed by atoms with E-state index in [2.05, 4.69) is 78.9 Å². The van der Waals surface area contributed by atoms with Crippen molar-refractivity contribution in [1.82, 2.24) is 0 Å². The van der Waals surface area contributed by atoms with Crippen LogP contribution < -0.4 is 0 Å². The minimum absolute atomic E-state index is 0.176. The first-order valence-corrected chi connectivity index (χ1v) is 15.9. The summed E-state index contributed by atoms with van der Waals surface area (Å²) in [6, 6.07) is 0. The average Bonchev–Trinajstić information content (AvgIpc) is 3.19. The Morgan fingerprint density at radius 2 is 0.258 bits per heavy atom. The van der Waals surface area contributed by atoms with Gasteiger partial charge in [0.15, 0.2) is 0 Å². The molecule has 0 aromatic rings. The highest BCUT2D eigenvalue weighted by molar-refractivity contribution is 5.87. The molecule has 372 valence electrons. The SMILES string of the molecule is C=C(C)C(=O)O.C=C(C)C(=O)O.C=C(C)C(=O)O.C=C(C)C(=O)O.C=C(C)C(=O)O.C=C(C)C(=O)O.C=CC(=O)O.C=CC(=O)O.C=CC(=O)O.C=CC(=O)O.C=CC(=O)O.C=CC(=O)O. The van der Waals surface area contributed by atoms with Crippen LogP contribution in [0.5, 0.6) is 0 Å². The Kier molecular flexibility index (Phi) is 86.1. The number of carboxylic acids is 12. The van der Waals surface area contributed by atoms with Crippen LogP contribution in [0.2, 0.25) is 0 Å². The number of aliphatic carboxylic acids is 12. The first-order chi connectivity index (χ1) is 29.5. The first-order valence-electron chi connectivity index (χ1n) is 15.9. The van der Waals surface area contributed by atoms with Gasteiger partial charge in [-0.25, -0.2) is 57.5 Å². The second-order valence-corrected chi connectivity index (χ2v) is 9.77. The maximum atomic E-state index is 9.60. The van der Waals surface area contributed by atoms with Gasteiger partial charge in [0.1, 0.15) is 0 Å². The molecule has 66 heavy (non-hydrogen) atoms. The zero-order valence-electron chi connectivity index (χ0n) is 37.2. The van der Waals surface area contributed by atoms with E-state index in [0.717, 1.165) is 36.5 Å². The fraction of sp³-hybridized carbons (Fsp3) is 0.143. The summed E-state index contributed by atoms with van der Waals surface area (Å²) in [7, 11) is 0. The number of carboxylic acid groups (broad SMARTS) is 12. The monoisotopic (exact) mass is 948 g/mol. The van der Waals surface area contributed by atoms with Crippen LogP contribution in [-0.4, -0.2) is 133 Å². The predicted octanol–water partition coefficient (Wildman–Crippen LogP) is 5.42. The van der Waals surface area contributed by atoms with Gasteiger partial charge in [0.25, 0.3) is 0 Å². The van der Waals surface area contributed by atoms with E-state index in [1.165, 1.54) is 41.5 Å². The maximum Gasteiger partial charge on any atom is 0.330 e. The standard InChI is InChI=1S/6C4H6O2.6C3H4O2/c6*1-3(2)4(5)6;6*1-2-3(4)5/h6*1H2,2H3,(H,5,6);6*2H,1H2,(H,4,5). The predicted molar refractivity (Wildman–Crippen MR) is 242 cm³/mol. The molecule has 0 aromatic carbocycles. The Balaban J connectivity index is -0.0000000482. The Hall–Kier alpha value is -9.48. The highest BCUT2D eigenvalue weighted by atomic mass is 16.4. The molecular formula is C42H60O24. The molecule has 0 amide bonds. The van der Waals surface area contributed by atoms with Crippen molar-refractivity contribution in [2.24, 2.45) is 0 Å². The van der Waals surface area contributed by atoms with E-state index in [0.29, 0.717) is 0 Å². The summed E-state index contributed by atoms with van der Waals surface area (Å²) in [5.41, 5.74) is 1.06. The Bertz CT molecular complexity index is 1340. The van der Waals surface area contributed by atoms with Crippen molar-refractivity contribution in [2.45, 2.75) is 41.5 Å². The second kappa shape index (κ2) is 64.7. The minimum atomic E-state index is -0.981. The van der Waals surface area contributed by atoms with Gasteiger partial charge >= 0.3 is 71.6 Å². The molecule has 0 aliphatic rings. The molecule has 0 heterocycles. The fourth-order valence-corrected chi connectivity index (χ4v) is 0. The smallest absolute Gasteiger partial charge is 0.330 e. The molecule has 24 heteroatoms. The van der Waals surface area contributed by atoms with Gasteiger partial charge in [0, 0.05) is 69.9 Å². The molecule has 0 radical (unpaired) electrons. The largest absolute Gasteiger partial charge is 0.478 e. The minimum Gasteiger partial charge on any atom is -0.478 e. The number of hydrogen-bond acceptors (Lipinski definition) is 12. The molecule has 0 aliphatic heterocycles. The highest BCUT2D eigenvalue weighted by Gasteiger charge is 1.93. The third-order valence-electron chi connectivity index (χ3n) is 3.24. The van der Waals surface area contributed by atoms with Crippen molar-refractivity contribution >= 4 is 71.6 Å². The van der Waals surface area contributed by atoms with E-state index in [1.807, 2.05) is 0 Å². The van der Waals surface area contributed by atoms with E-state index >= 15 is 0 Å². The lowest BCUT2D eigenvalue weighted by Gasteiger charge is -1.79. The van der Waals surface area contributed by atoms with Crippen molar-refractivity contribution < 1.29 is 119 Å². The zero-order chi connectivity index (χ0) is 56.6. The van der Waals surface area contributed by atoms with E-state index in [9.17, 15) is 57.5 Å². The molecule has 0 rings (SSSR count). The van der Waals surface area contributed by atoms with Gasteiger partial charge in [0.05, 0.1) is 0 Å². The topological polar surface area (TPSA) is 448 Å². The lowest BCUT2D eigenvalue weighted by atomic mass is 10.4. The highest BCUT2D eigenvalue weighted by Crippen LogP contribution is 1.83. The average molecular weight is 949 g/mol. The molecule has 0 aromatic heterocycles. The first kappa shape index (κ1) is 87.9. The molecule has 0 spiro atoms. The van der Waals surface area contributed by atoms with Crippen LogP contribution >= 0.6 is 0 Å². The number of rotatable bonds is 12. The van der Waals surface area contributed by atoms with E-state index in [4.69, 9.17) is 61.3 Å². The van der Waals surface area contributed by atoms with Crippen molar-refractivity contribution in [2.75, 3.05) is 0 Å². The quantitative estimate of drug-likeness (QED) is 0.109. The van der Waals surface area contributed by atoms with Gasteiger partial charge in [-0.2, -0.15) is 0 Å². The summed E-state index contributed by atoms with van der Waals surface area (Å²) >= 11 is 0. The molecule has 0 saturated heterocycles. The van der Waals surface area contributed by atoms with Crippen LogP contribution in [0.4, 0.5) is 0 Å². The maximum absolute atomic E-state index is 9.60. The molecule has 0 unspecified atom stereocenters. The summed E-state index contributed by atoms with van der Waals surface area (Å²) < 4.78 is 0. The van der Waals surface area contributed by atoms with Gasteiger partial charge < -0.3 is 61.3 Å². The van der Waals surface area contributed by atoms with Crippen molar-refractivity contribution in [3.05, 3.63) is 149 Å². The molecule has 0 atom stereocenters. The summed E-state index contributed by atoms with van der Waals surface area (Å²) in [5, 5.41) is 93.0. The molecule has 12 N–H and O–H groups in total. The van der Waals surface area contributed by atoms with E-state index in [1.54, 1.807) is 0 Å². The van der Waals surface area contributed by atoms with Gasteiger partial charge in [-0.15, -0.1) is 0 Å². The van der Waals surface area contributed by atoms with Crippen molar-refractivity contribution in [3.8, 4) is 0 Å². The van der Waals surface area contributed by atoms with Gasteiger partial charge in [-0.1, -0.05) is 78.9 Å². The van der Waals surface area contributed by atoms with Crippen LogP contribution in [0.25, 0.3) is 0 Å². The number of carbonyl (C=O) groups is 12. The van der Waals surface area contributed by atoms with Crippen LogP contribution in [0.1, 0.15) is 41.5 Å². The fourth-order valence-electron chi connectivity index (χ4n) is 0. The third-order valence-corrected chi connectivity index (χ3v) is 3.24. The van der Waals surface area contributed by atoms with E-state index < -0.39 is 71.6 Å². The van der Waals surface area contributed by atoms with Gasteiger partial charge in [0.2, 0.25) is 0 Å². The van der Waals surface area contributed by atoms with E-state index in [-0.39, 0.29) is 33.4 Å². The lowest BCUT2D eigenvalue weighted by molar-refractivity contribution is -0.133. The zero-order valence-corrected chi connectivity index (χ0v) is 37.2. The summed E-state index contributed by atoms with van der Waals surface area (Å²) in [4.78, 5) is 113. The van der Waals surface area contributed by atoms with Crippen molar-refractivity contribution in [3.63, 3.8) is 0 Å². The van der Waals surface area contributed by atoms with Crippen LogP contribution in [0.15, 0.2) is 149 Å². The Morgan fingerprint density at radius 3 is 0.258 bits per heavy atom. The third kappa shape index (κ3) is 222. The summed E-state index contributed by atoms with van der Waals surface area (Å²) in [5.74, 6) is -11.5. The molecular weight excluding hydrogens is 888 g/mol. The summed E-state index contributed by atoms with van der Waals surface area (Å²) in [6.45, 7) is 45.4. The van der Waals surface area contributed by atoms with Crippen LogP contribution in [0.3, 0.4) is 0 Å². The molecule has 24 nitrogen and oxygen atoms in total. The van der Waals surface area contributed by atoms with Crippen LogP contribution in [-0.2, 0) is 57.5 Å². The van der Waals surface area contributed by atoms with Gasteiger partial charge in [-0.05, 0) is 41.5 Å². The lowest BCUT2D eigenvalue weighted by Crippen LogP contribution is -1.92. The Labute approximate surface area is 380 Å². The normalized spacial score (nSPS) is 7.00. The van der Waals surface area contributed by atoms with Crippen LogP contribution in [0, 0.1) is 0 Å². The number of hydrogen-bond donors (Lipinski definition) is 12. The van der Waals surface area contributed by atoms with Gasteiger partial charge in [-0.3, -0.25) is 0 Å².